The van der Waals surface area contributed by atoms with E-state index in [-0.39, 0.29) is 18.4 Å². The Hall–Kier alpha value is -1.16. The summed E-state index contributed by atoms with van der Waals surface area (Å²) in [4.78, 5) is 0. The molecule has 3 N–H and O–H groups in total. The lowest BCUT2D eigenvalue weighted by molar-refractivity contribution is -0.0755. The van der Waals surface area contributed by atoms with E-state index in [1.165, 1.54) is 5.56 Å². The summed E-state index contributed by atoms with van der Waals surface area (Å²) in [5.41, 5.74) is 0.991. The van der Waals surface area contributed by atoms with Gasteiger partial charge in [0.15, 0.2) is 0 Å². The van der Waals surface area contributed by atoms with Crippen LogP contribution in [0, 0.1) is 11.8 Å². The molecule has 1 aromatic rings. The van der Waals surface area contributed by atoms with Crippen molar-refractivity contribution in [3.8, 4) is 0 Å². The van der Waals surface area contributed by atoms with Gasteiger partial charge in [-0.15, -0.1) is 0 Å². The molecule has 0 fully saturated rings. The topological polar surface area (TPSA) is 60.7 Å². The number of rotatable bonds is 4. The first-order valence-electron chi connectivity index (χ1n) is 7.17. The molecule has 0 radical (unpaired) electrons. The molecule has 1 aliphatic rings. The maximum Gasteiger partial charge on any atom is 0.0884 e. The Balaban J connectivity index is 2.25. The van der Waals surface area contributed by atoms with Crippen molar-refractivity contribution in [2.75, 3.05) is 6.61 Å². The van der Waals surface area contributed by atoms with Gasteiger partial charge in [-0.05, 0) is 49.7 Å². The third kappa shape index (κ3) is 3.29. The van der Waals surface area contributed by atoms with Crippen molar-refractivity contribution >= 4 is 0 Å². The summed E-state index contributed by atoms with van der Waals surface area (Å²) in [6.45, 7) is 3.28. The van der Waals surface area contributed by atoms with E-state index in [4.69, 9.17) is 0 Å². The van der Waals surface area contributed by atoms with Gasteiger partial charge in [0.05, 0.1) is 18.3 Å². The molecule has 0 saturated carbocycles. The van der Waals surface area contributed by atoms with E-state index in [1.807, 2.05) is 25.1 Å². The summed E-state index contributed by atoms with van der Waals surface area (Å²) in [6, 6.07) is 10.1. The van der Waals surface area contributed by atoms with Gasteiger partial charge in [-0.25, -0.2) is 0 Å². The van der Waals surface area contributed by atoms with Gasteiger partial charge >= 0.3 is 0 Å². The molecule has 3 heteroatoms. The summed E-state index contributed by atoms with van der Waals surface area (Å²) < 4.78 is 0. The highest BCUT2D eigenvalue weighted by Gasteiger charge is 2.40. The molecule has 0 saturated heterocycles. The maximum atomic E-state index is 10.4. The third-order valence-corrected chi connectivity index (χ3v) is 4.43. The van der Waals surface area contributed by atoms with Crippen LogP contribution in [-0.4, -0.2) is 33.6 Å². The fourth-order valence-corrected chi connectivity index (χ4v) is 3.09. The first-order valence-corrected chi connectivity index (χ1v) is 7.17. The van der Waals surface area contributed by atoms with Crippen LogP contribution < -0.4 is 0 Å². The molecule has 0 spiro atoms. The summed E-state index contributed by atoms with van der Waals surface area (Å²) >= 11 is 0. The van der Waals surface area contributed by atoms with E-state index in [1.54, 1.807) is 6.92 Å². The van der Waals surface area contributed by atoms with Crippen molar-refractivity contribution in [3.05, 3.63) is 47.5 Å². The van der Waals surface area contributed by atoms with Gasteiger partial charge in [0.1, 0.15) is 0 Å². The molecule has 0 aliphatic heterocycles. The molecule has 0 bridgehead atoms. The lowest BCUT2D eigenvalue weighted by Crippen LogP contribution is -2.46. The summed E-state index contributed by atoms with van der Waals surface area (Å²) in [5.74, 6) is -0.0191. The summed E-state index contributed by atoms with van der Waals surface area (Å²) in [5, 5.41) is 29.9. The van der Waals surface area contributed by atoms with Gasteiger partial charge in [0, 0.05) is 0 Å². The number of allylic oxidation sites excluding steroid dienone is 1. The second kappa shape index (κ2) is 6.08. The van der Waals surface area contributed by atoms with E-state index in [0.29, 0.717) is 6.42 Å². The first-order chi connectivity index (χ1) is 9.44. The Morgan fingerprint density at radius 1 is 1.25 bits per heavy atom. The van der Waals surface area contributed by atoms with Crippen LogP contribution in [0.5, 0.6) is 0 Å². The SMILES string of the molecule is CC1=C[C@H](Cc2ccccc2)[C@@H]([C@@](C)(O)CO)C[C@@H]1O. The van der Waals surface area contributed by atoms with E-state index >= 15 is 0 Å². The highest BCUT2D eigenvalue weighted by atomic mass is 16.3. The van der Waals surface area contributed by atoms with Gasteiger partial charge in [-0.1, -0.05) is 36.4 Å². The molecule has 0 unspecified atom stereocenters. The van der Waals surface area contributed by atoms with Crippen LogP contribution in [0.3, 0.4) is 0 Å². The van der Waals surface area contributed by atoms with E-state index in [2.05, 4.69) is 18.2 Å². The second-order valence-electron chi connectivity index (χ2n) is 6.14. The van der Waals surface area contributed by atoms with Crippen LogP contribution in [-0.2, 0) is 6.42 Å². The molecule has 20 heavy (non-hydrogen) atoms. The third-order valence-electron chi connectivity index (χ3n) is 4.43. The van der Waals surface area contributed by atoms with Crippen LogP contribution in [0.4, 0.5) is 0 Å². The molecule has 3 nitrogen and oxygen atoms in total. The van der Waals surface area contributed by atoms with Crippen LogP contribution in [0.15, 0.2) is 42.0 Å². The fourth-order valence-electron chi connectivity index (χ4n) is 3.09. The second-order valence-corrected chi connectivity index (χ2v) is 6.14. The Labute approximate surface area is 120 Å². The molecule has 1 aliphatic carbocycles. The monoisotopic (exact) mass is 276 g/mol. The van der Waals surface area contributed by atoms with Crippen LogP contribution >= 0.6 is 0 Å². The van der Waals surface area contributed by atoms with E-state index in [0.717, 1.165) is 12.0 Å². The lowest BCUT2D eigenvalue weighted by Gasteiger charge is -2.40. The van der Waals surface area contributed by atoms with Gasteiger partial charge < -0.3 is 15.3 Å². The van der Waals surface area contributed by atoms with Gasteiger partial charge in [0.25, 0.3) is 0 Å². The van der Waals surface area contributed by atoms with Crippen molar-refractivity contribution in [3.63, 3.8) is 0 Å². The molecule has 0 amide bonds. The minimum absolute atomic E-state index is 0.128. The molecule has 110 valence electrons. The smallest absolute Gasteiger partial charge is 0.0884 e. The van der Waals surface area contributed by atoms with E-state index in [9.17, 15) is 15.3 Å². The minimum Gasteiger partial charge on any atom is -0.393 e. The average molecular weight is 276 g/mol. The largest absolute Gasteiger partial charge is 0.393 e. The summed E-state index contributed by atoms with van der Waals surface area (Å²) in [7, 11) is 0. The maximum absolute atomic E-state index is 10.4. The van der Waals surface area contributed by atoms with Gasteiger partial charge in [-0.2, -0.15) is 0 Å². The van der Waals surface area contributed by atoms with Crippen molar-refractivity contribution in [1.82, 2.24) is 0 Å². The van der Waals surface area contributed by atoms with Crippen molar-refractivity contribution < 1.29 is 15.3 Å². The predicted molar refractivity (Wildman–Crippen MR) is 79.2 cm³/mol. The average Bonchev–Trinajstić information content (AvgIpc) is 2.43. The highest BCUT2D eigenvalue weighted by molar-refractivity contribution is 5.21. The number of hydrogen-bond acceptors (Lipinski definition) is 3. The fraction of sp³-hybridized carbons (Fsp3) is 0.529. The predicted octanol–water partition coefficient (Wildman–Crippen LogP) is 1.92. The van der Waals surface area contributed by atoms with Crippen molar-refractivity contribution in [1.29, 1.82) is 0 Å². The number of aliphatic hydroxyl groups excluding tert-OH is 2. The van der Waals surface area contributed by atoms with Crippen LogP contribution in [0.2, 0.25) is 0 Å². The molecule has 2 rings (SSSR count). The molecule has 4 atom stereocenters. The van der Waals surface area contributed by atoms with Crippen molar-refractivity contribution in [2.45, 2.75) is 38.4 Å². The quantitative estimate of drug-likeness (QED) is 0.736. The highest BCUT2D eigenvalue weighted by Crippen LogP contribution is 2.38. The Bertz CT molecular complexity index is 464. The lowest BCUT2D eigenvalue weighted by atomic mass is 9.69. The standard InChI is InChI=1S/C17H24O3/c1-12-8-14(9-13-6-4-3-5-7-13)15(10-16(12)19)17(2,20)11-18/h3-8,14-16,18-20H,9-11H2,1-2H3/t14-,15+,16+,17+/m1/s1. The Kier molecular flexibility index (Phi) is 4.63. The van der Waals surface area contributed by atoms with Crippen molar-refractivity contribution in [2.24, 2.45) is 11.8 Å². The first kappa shape index (κ1) is 15.2. The van der Waals surface area contributed by atoms with Gasteiger partial charge in [-0.3, -0.25) is 0 Å². The molecular weight excluding hydrogens is 252 g/mol. The molecule has 0 heterocycles. The van der Waals surface area contributed by atoms with E-state index < -0.39 is 11.7 Å². The molecule has 0 aromatic heterocycles. The zero-order valence-corrected chi connectivity index (χ0v) is 12.2. The zero-order chi connectivity index (χ0) is 14.8. The van der Waals surface area contributed by atoms with Crippen LogP contribution in [0.25, 0.3) is 0 Å². The normalized spacial score (nSPS) is 29.6. The number of hydrogen-bond donors (Lipinski definition) is 3. The minimum atomic E-state index is -1.17. The van der Waals surface area contributed by atoms with Gasteiger partial charge in [0.2, 0.25) is 0 Å². The number of aliphatic hydroxyl groups is 3. The summed E-state index contributed by atoms with van der Waals surface area (Å²) in [6.07, 6.45) is 2.83. The molecule has 1 aromatic carbocycles. The Morgan fingerprint density at radius 2 is 1.90 bits per heavy atom. The van der Waals surface area contributed by atoms with Crippen LogP contribution in [0.1, 0.15) is 25.8 Å². The Morgan fingerprint density at radius 3 is 2.50 bits per heavy atom. The molecular formula is C17H24O3. The number of benzene rings is 1. The zero-order valence-electron chi connectivity index (χ0n) is 12.2.